The van der Waals surface area contributed by atoms with Gasteiger partial charge in [-0.15, -0.1) is 0 Å². The summed E-state index contributed by atoms with van der Waals surface area (Å²) in [5, 5.41) is 0. The van der Waals surface area contributed by atoms with Crippen molar-refractivity contribution in [2.75, 3.05) is 14.2 Å². The molecule has 0 saturated heterocycles. The number of benzene rings is 1. The number of hydrogen-bond acceptors (Lipinski definition) is 3. The van der Waals surface area contributed by atoms with Gasteiger partial charge in [0.25, 0.3) is 0 Å². The van der Waals surface area contributed by atoms with E-state index in [1.807, 2.05) is 45.9 Å². The number of Topliss-reactive ketones (excluding diaryl/α,β-unsaturated/α-hetero) is 1. The molecule has 3 nitrogen and oxygen atoms in total. The molecule has 0 aliphatic rings. The molecule has 1 rings (SSSR count). The van der Waals surface area contributed by atoms with Gasteiger partial charge in [0.15, 0.2) is 0 Å². The molecule has 0 bridgehead atoms. The highest BCUT2D eigenvalue weighted by atomic mass is 16.5. The van der Waals surface area contributed by atoms with Crippen molar-refractivity contribution in [3.8, 4) is 11.5 Å². The Morgan fingerprint density at radius 3 is 1.55 bits per heavy atom. The lowest BCUT2D eigenvalue weighted by Crippen LogP contribution is -2.46. The summed E-state index contributed by atoms with van der Waals surface area (Å²) in [4.78, 5) is 13.3. The van der Waals surface area contributed by atoms with E-state index in [1.165, 1.54) is 0 Å². The van der Waals surface area contributed by atoms with Crippen LogP contribution in [0.5, 0.6) is 11.5 Å². The number of ketones is 1. The fourth-order valence-electron chi connectivity index (χ4n) is 2.42. The Balaban J connectivity index is 3.38. The number of carbonyl (C=O) groups excluding carboxylic acids is 1. The van der Waals surface area contributed by atoms with E-state index < -0.39 is 10.8 Å². The van der Waals surface area contributed by atoms with Crippen LogP contribution in [-0.4, -0.2) is 20.0 Å². The monoisotopic (exact) mass is 306 g/mol. The Labute approximate surface area is 135 Å². The van der Waals surface area contributed by atoms with E-state index in [2.05, 4.69) is 20.8 Å². The molecule has 0 aliphatic carbocycles. The third-order valence-electron chi connectivity index (χ3n) is 5.08. The van der Waals surface area contributed by atoms with Gasteiger partial charge in [-0.25, -0.2) is 0 Å². The zero-order valence-corrected chi connectivity index (χ0v) is 15.5. The van der Waals surface area contributed by atoms with Crippen LogP contribution < -0.4 is 9.47 Å². The number of rotatable bonds is 5. The second-order valence-corrected chi connectivity index (χ2v) is 7.93. The van der Waals surface area contributed by atoms with Gasteiger partial charge in [0, 0.05) is 16.9 Å². The Hall–Kier alpha value is -1.51. The van der Waals surface area contributed by atoms with Gasteiger partial charge in [0.2, 0.25) is 0 Å². The van der Waals surface area contributed by atoms with E-state index in [9.17, 15) is 4.79 Å². The van der Waals surface area contributed by atoms with Crippen molar-refractivity contribution in [3.63, 3.8) is 0 Å². The Morgan fingerprint density at radius 2 is 1.23 bits per heavy atom. The molecule has 1 aromatic carbocycles. The van der Waals surface area contributed by atoms with Gasteiger partial charge in [0.1, 0.15) is 17.3 Å². The van der Waals surface area contributed by atoms with Crippen molar-refractivity contribution >= 4 is 5.78 Å². The molecule has 0 amide bonds. The van der Waals surface area contributed by atoms with E-state index in [-0.39, 0.29) is 11.2 Å². The number of ether oxygens (including phenoxy) is 2. The first-order valence-electron chi connectivity index (χ1n) is 7.66. The molecular formula is C19H30O3. The quantitative estimate of drug-likeness (QED) is 0.796. The van der Waals surface area contributed by atoms with Crippen molar-refractivity contribution in [1.82, 2.24) is 0 Å². The van der Waals surface area contributed by atoms with E-state index in [0.717, 1.165) is 5.56 Å². The van der Waals surface area contributed by atoms with Crippen LogP contribution in [0.15, 0.2) is 18.2 Å². The maximum Gasteiger partial charge on any atom is 0.148 e. The zero-order valence-electron chi connectivity index (χ0n) is 15.5. The van der Waals surface area contributed by atoms with Gasteiger partial charge in [0.05, 0.1) is 14.2 Å². The van der Waals surface area contributed by atoms with Crippen LogP contribution in [0.4, 0.5) is 0 Å². The third-order valence-corrected chi connectivity index (χ3v) is 5.08. The number of methoxy groups -OCH3 is 2. The van der Waals surface area contributed by atoms with Gasteiger partial charge >= 0.3 is 0 Å². The fraction of sp³-hybridized carbons (Fsp3) is 0.632. The maximum atomic E-state index is 13.3. The Bertz CT molecular complexity index is 526. The van der Waals surface area contributed by atoms with E-state index in [1.54, 1.807) is 14.2 Å². The molecule has 0 N–H and O–H groups in total. The molecule has 0 aromatic heterocycles. The highest BCUT2D eigenvalue weighted by molar-refractivity contribution is 5.94. The molecule has 0 aliphatic heterocycles. The lowest BCUT2D eigenvalue weighted by Gasteiger charge is -2.42. The smallest absolute Gasteiger partial charge is 0.148 e. The third kappa shape index (κ3) is 3.29. The van der Waals surface area contributed by atoms with Crippen LogP contribution in [0.3, 0.4) is 0 Å². The second-order valence-electron chi connectivity index (χ2n) is 7.93. The largest absolute Gasteiger partial charge is 0.497 e. The predicted octanol–water partition coefficient (Wildman–Crippen LogP) is 4.62. The number of carbonyl (C=O) groups is 1. The van der Waals surface area contributed by atoms with Crippen LogP contribution in [0.1, 0.15) is 54.0 Å². The first-order chi connectivity index (χ1) is 9.87. The summed E-state index contributed by atoms with van der Waals surface area (Å²) in [6.07, 6.45) is 0. The summed E-state index contributed by atoms with van der Waals surface area (Å²) >= 11 is 0. The van der Waals surface area contributed by atoms with Crippen LogP contribution in [0.25, 0.3) is 0 Å². The van der Waals surface area contributed by atoms with Gasteiger partial charge in [-0.2, -0.15) is 0 Å². The molecule has 0 saturated carbocycles. The van der Waals surface area contributed by atoms with Crippen LogP contribution in [-0.2, 0) is 10.2 Å². The molecule has 22 heavy (non-hydrogen) atoms. The molecule has 124 valence electrons. The molecule has 0 radical (unpaired) electrons. The average molecular weight is 306 g/mol. The Kier molecular flexibility index (Phi) is 5.01. The average Bonchev–Trinajstić information content (AvgIpc) is 2.44. The van der Waals surface area contributed by atoms with E-state index >= 15 is 0 Å². The predicted molar refractivity (Wildman–Crippen MR) is 90.8 cm³/mol. The van der Waals surface area contributed by atoms with Gasteiger partial charge in [-0.05, 0) is 37.0 Å². The van der Waals surface area contributed by atoms with E-state index in [4.69, 9.17) is 9.47 Å². The lowest BCUT2D eigenvalue weighted by atomic mass is 9.60. The summed E-state index contributed by atoms with van der Waals surface area (Å²) in [6.45, 7) is 14.3. The molecule has 0 unspecified atom stereocenters. The summed E-state index contributed by atoms with van der Waals surface area (Å²) < 4.78 is 10.7. The minimum atomic E-state index is -0.626. The zero-order chi connectivity index (χ0) is 17.3. The molecule has 3 heteroatoms. The lowest BCUT2D eigenvalue weighted by molar-refractivity contribution is -0.137. The minimum absolute atomic E-state index is 0.121. The second kappa shape index (κ2) is 5.94. The summed E-state index contributed by atoms with van der Waals surface area (Å²) in [7, 11) is 3.24. The van der Waals surface area contributed by atoms with Crippen LogP contribution >= 0.6 is 0 Å². The summed E-state index contributed by atoms with van der Waals surface area (Å²) in [5.74, 6) is 1.61. The van der Waals surface area contributed by atoms with Crippen LogP contribution in [0.2, 0.25) is 0 Å². The SMILES string of the molecule is COc1cc(OC)cc(C(C)(C)C(=O)C(C)(C)C(C)(C)C)c1. The summed E-state index contributed by atoms with van der Waals surface area (Å²) in [6, 6.07) is 5.65. The normalized spacial score (nSPS) is 13.0. The highest BCUT2D eigenvalue weighted by Gasteiger charge is 2.46. The van der Waals surface area contributed by atoms with Crippen molar-refractivity contribution in [3.05, 3.63) is 23.8 Å². The fourth-order valence-corrected chi connectivity index (χ4v) is 2.42. The highest BCUT2D eigenvalue weighted by Crippen LogP contribution is 2.45. The topological polar surface area (TPSA) is 35.5 Å². The van der Waals surface area contributed by atoms with Gasteiger partial charge < -0.3 is 9.47 Å². The molecule has 0 spiro atoms. The summed E-state index contributed by atoms with van der Waals surface area (Å²) in [5.41, 5.74) is -0.290. The maximum absolute atomic E-state index is 13.3. The minimum Gasteiger partial charge on any atom is -0.497 e. The van der Waals surface area contributed by atoms with Crippen molar-refractivity contribution in [2.24, 2.45) is 10.8 Å². The first kappa shape index (κ1) is 18.5. The standard InChI is InChI=1S/C19H30O3/c1-17(2,3)19(6,7)16(20)18(4,5)13-10-14(21-8)12-15(11-13)22-9/h10-12H,1-9H3. The molecular weight excluding hydrogens is 276 g/mol. The first-order valence-corrected chi connectivity index (χ1v) is 7.66. The number of hydrogen-bond donors (Lipinski definition) is 0. The van der Waals surface area contributed by atoms with Gasteiger partial charge in [-0.3, -0.25) is 4.79 Å². The van der Waals surface area contributed by atoms with Crippen LogP contribution in [0, 0.1) is 10.8 Å². The Morgan fingerprint density at radius 1 is 0.818 bits per heavy atom. The van der Waals surface area contributed by atoms with Gasteiger partial charge in [-0.1, -0.05) is 34.6 Å². The van der Waals surface area contributed by atoms with E-state index in [0.29, 0.717) is 11.5 Å². The van der Waals surface area contributed by atoms with Crippen molar-refractivity contribution in [2.45, 2.75) is 53.9 Å². The molecule has 1 aromatic rings. The van der Waals surface area contributed by atoms with Crippen molar-refractivity contribution in [1.29, 1.82) is 0 Å². The van der Waals surface area contributed by atoms with Crippen molar-refractivity contribution < 1.29 is 14.3 Å². The molecule has 0 atom stereocenters. The molecule has 0 fully saturated rings. The molecule has 0 heterocycles.